The number of benzene rings is 2. The summed E-state index contributed by atoms with van der Waals surface area (Å²) >= 11 is 0. The quantitative estimate of drug-likeness (QED) is 0.386. The normalized spacial score (nSPS) is 15.9. The van der Waals surface area contributed by atoms with E-state index in [4.69, 9.17) is 13.9 Å². The van der Waals surface area contributed by atoms with Crippen molar-refractivity contribution in [2.45, 2.75) is 26.3 Å². The fourth-order valence-electron chi connectivity index (χ4n) is 4.72. The van der Waals surface area contributed by atoms with Gasteiger partial charge in [-0.3, -0.25) is 9.59 Å². The summed E-state index contributed by atoms with van der Waals surface area (Å²) in [6, 6.07) is 13.4. The molecule has 1 N–H and O–H groups in total. The predicted octanol–water partition coefficient (Wildman–Crippen LogP) is 4.76. The van der Waals surface area contributed by atoms with E-state index < -0.39 is 23.5 Å². The van der Waals surface area contributed by atoms with E-state index in [0.29, 0.717) is 35.6 Å². The smallest absolute Gasteiger partial charge is 0.290 e. The fourth-order valence-corrected chi connectivity index (χ4v) is 4.72. The molecule has 0 bridgehead atoms. The Labute approximate surface area is 210 Å². The van der Waals surface area contributed by atoms with Gasteiger partial charge >= 0.3 is 0 Å². The Morgan fingerprint density at radius 3 is 2.44 bits per heavy atom. The Balaban J connectivity index is 1.74. The number of rotatable bonds is 11. The lowest BCUT2D eigenvalue weighted by molar-refractivity contribution is -0.129. The number of para-hydroxylation sites is 1. The van der Waals surface area contributed by atoms with Crippen LogP contribution in [0.3, 0.4) is 0 Å². The van der Waals surface area contributed by atoms with Gasteiger partial charge in [0.15, 0.2) is 23.0 Å². The number of ketones is 1. The molecule has 190 valence electrons. The third-order valence-electron chi connectivity index (χ3n) is 6.69. The van der Waals surface area contributed by atoms with Crippen molar-refractivity contribution in [3.63, 3.8) is 0 Å². The number of fused-ring (bicyclic) bond motifs is 1. The Morgan fingerprint density at radius 2 is 1.78 bits per heavy atom. The number of hydrogen-bond acceptors (Lipinski definition) is 7. The number of carbonyl (C=O) groups excluding carboxylic acids is 2. The molecule has 2 aromatic carbocycles. The van der Waals surface area contributed by atoms with E-state index >= 15 is 0 Å². The Kier molecular flexibility index (Phi) is 7.64. The highest BCUT2D eigenvalue weighted by molar-refractivity contribution is 6.16. The second-order valence-electron chi connectivity index (χ2n) is 8.64. The minimum absolute atomic E-state index is 0.00545. The van der Waals surface area contributed by atoms with E-state index in [-0.39, 0.29) is 11.3 Å². The number of aliphatic hydroxyl groups is 1. The van der Waals surface area contributed by atoms with Crippen LogP contribution in [-0.4, -0.2) is 67.0 Å². The average molecular weight is 493 g/mol. The molecule has 0 radical (unpaired) electrons. The van der Waals surface area contributed by atoms with E-state index in [1.165, 1.54) is 7.11 Å². The maximum absolute atomic E-state index is 13.7. The number of methoxy groups -OCH3 is 2. The molecular weight excluding hydrogens is 460 g/mol. The maximum atomic E-state index is 13.7. The Bertz CT molecular complexity index is 1260. The van der Waals surface area contributed by atoms with Gasteiger partial charge in [0.25, 0.3) is 5.91 Å². The van der Waals surface area contributed by atoms with Crippen LogP contribution >= 0.6 is 0 Å². The van der Waals surface area contributed by atoms with E-state index in [0.717, 1.165) is 25.0 Å². The van der Waals surface area contributed by atoms with Crippen LogP contribution in [-0.2, 0) is 4.79 Å². The molecule has 8 nitrogen and oxygen atoms in total. The Hall–Kier alpha value is -3.78. The van der Waals surface area contributed by atoms with E-state index in [9.17, 15) is 14.7 Å². The summed E-state index contributed by atoms with van der Waals surface area (Å²) in [5, 5.41) is 11.7. The van der Waals surface area contributed by atoms with Crippen molar-refractivity contribution in [3.8, 4) is 11.5 Å². The van der Waals surface area contributed by atoms with Crippen molar-refractivity contribution in [3.05, 3.63) is 71.2 Å². The number of ether oxygens (including phenoxy) is 2. The molecule has 1 atom stereocenters. The number of amides is 1. The van der Waals surface area contributed by atoms with Gasteiger partial charge in [0.2, 0.25) is 5.78 Å². The highest BCUT2D eigenvalue weighted by Crippen LogP contribution is 2.42. The molecular formula is C28H32N2O6. The topological polar surface area (TPSA) is 92.5 Å². The number of nitrogens with zero attached hydrogens (tertiary/aromatic N) is 2. The third kappa shape index (κ3) is 4.68. The van der Waals surface area contributed by atoms with Gasteiger partial charge in [0, 0.05) is 11.9 Å². The largest absolute Gasteiger partial charge is 0.503 e. The lowest BCUT2D eigenvalue weighted by Crippen LogP contribution is -2.34. The highest BCUT2D eigenvalue weighted by Gasteiger charge is 2.44. The van der Waals surface area contributed by atoms with E-state index in [1.807, 2.05) is 18.2 Å². The van der Waals surface area contributed by atoms with Crippen molar-refractivity contribution in [2.24, 2.45) is 0 Å². The minimum Gasteiger partial charge on any atom is -0.503 e. The van der Waals surface area contributed by atoms with Crippen molar-refractivity contribution < 1.29 is 28.6 Å². The molecule has 0 saturated carbocycles. The number of furan rings is 1. The zero-order valence-electron chi connectivity index (χ0n) is 21.1. The molecule has 8 heteroatoms. The minimum atomic E-state index is -0.797. The molecule has 36 heavy (non-hydrogen) atoms. The SMILES string of the molecule is CCN(CC)CCCN1C(=O)C(O)=C(C(=O)c2cc3ccccc3o2)[C@@H]1c1ccc(OC)c(OC)c1. The molecule has 3 aromatic rings. The standard InChI is InChI=1S/C28H32N2O6/c1-5-29(6-2)14-9-15-30-25(19-12-13-21(34-3)22(17-19)35-4)24(27(32)28(30)33)26(31)23-16-18-10-7-8-11-20(18)36-23/h7-8,10-13,16-17,25,32H,5-6,9,14-15H2,1-4H3/t25-/m0/s1. The first-order chi connectivity index (χ1) is 17.4. The van der Waals surface area contributed by atoms with Crippen LogP contribution in [0.15, 0.2) is 64.3 Å². The van der Waals surface area contributed by atoms with Crippen LogP contribution in [0.4, 0.5) is 0 Å². The van der Waals surface area contributed by atoms with Crippen molar-refractivity contribution in [2.75, 3.05) is 40.4 Å². The molecule has 0 aliphatic carbocycles. The van der Waals surface area contributed by atoms with Gasteiger partial charge in [0.1, 0.15) is 5.58 Å². The second kappa shape index (κ2) is 10.9. The van der Waals surface area contributed by atoms with Gasteiger partial charge < -0.3 is 28.8 Å². The molecule has 0 saturated heterocycles. The number of aliphatic hydroxyl groups excluding tert-OH is 1. The molecule has 1 aliphatic heterocycles. The summed E-state index contributed by atoms with van der Waals surface area (Å²) in [6.07, 6.45) is 0.691. The molecule has 0 spiro atoms. The summed E-state index contributed by atoms with van der Waals surface area (Å²) in [5.74, 6) is -0.592. The molecule has 2 heterocycles. The summed E-state index contributed by atoms with van der Waals surface area (Å²) in [4.78, 5) is 30.8. The molecule has 1 amide bonds. The van der Waals surface area contributed by atoms with Gasteiger partial charge in [-0.1, -0.05) is 38.1 Å². The van der Waals surface area contributed by atoms with Gasteiger partial charge in [-0.15, -0.1) is 0 Å². The first-order valence-electron chi connectivity index (χ1n) is 12.1. The van der Waals surface area contributed by atoms with Crippen LogP contribution in [0, 0.1) is 0 Å². The molecule has 1 aliphatic rings. The number of Topliss-reactive ketones (excluding diaryl/α,β-unsaturated/α-hetero) is 1. The third-order valence-corrected chi connectivity index (χ3v) is 6.69. The summed E-state index contributed by atoms with van der Waals surface area (Å²) in [6.45, 7) is 7.16. The van der Waals surface area contributed by atoms with Crippen LogP contribution in [0.2, 0.25) is 0 Å². The second-order valence-corrected chi connectivity index (χ2v) is 8.64. The van der Waals surface area contributed by atoms with Gasteiger partial charge in [0.05, 0.1) is 25.8 Å². The zero-order chi connectivity index (χ0) is 25.8. The lowest BCUT2D eigenvalue weighted by Gasteiger charge is -2.28. The summed E-state index contributed by atoms with van der Waals surface area (Å²) in [7, 11) is 3.06. The van der Waals surface area contributed by atoms with Gasteiger partial charge in [-0.25, -0.2) is 0 Å². The molecule has 0 unspecified atom stereocenters. The van der Waals surface area contributed by atoms with Crippen molar-refractivity contribution in [1.29, 1.82) is 0 Å². The average Bonchev–Trinajstić information content (AvgIpc) is 3.45. The monoisotopic (exact) mass is 492 g/mol. The number of carbonyl (C=O) groups is 2. The van der Waals surface area contributed by atoms with Gasteiger partial charge in [-0.2, -0.15) is 0 Å². The number of hydrogen-bond donors (Lipinski definition) is 1. The highest BCUT2D eigenvalue weighted by atomic mass is 16.5. The first-order valence-corrected chi connectivity index (χ1v) is 12.1. The molecule has 1 aromatic heterocycles. The Morgan fingerprint density at radius 1 is 1.06 bits per heavy atom. The summed E-state index contributed by atoms with van der Waals surface area (Å²) in [5.41, 5.74) is 1.19. The van der Waals surface area contributed by atoms with Crippen LogP contribution in [0.5, 0.6) is 11.5 Å². The summed E-state index contributed by atoms with van der Waals surface area (Å²) < 4.78 is 16.6. The van der Waals surface area contributed by atoms with Gasteiger partial charge in [-0.05, 0) is 55.9 Å². The lowest BCUT2D eigenvalue weighted by atomic mass is 9.94. The van der Waals surface area contributed by atoms with E-state index in [2.05, 4.69) is 18.7 Å². The maximum Gasteiger partial charge on any atom is 0.290 e. The first kappa shape index (κ1) is 25.3. The zero-order valence-corrected chi connectivity index (χ0v) is 21.1. The van der Waals surface area contributed by atoms with Crippen LogP contribution in [0.1, 0.15) is 42.4 Å². The van der Waals surface area contributed by atoms with Crippen LogP contribution in [0.25, 0.3) is 11.0 Å². The molecule has 4 rings (SSSR count). The molecule has 0 fully saturated rings. The van der Waals surface area contributed by atoms with Crippen LogP contribution < -0.4 is 9.47 Å². The predicted molar refractivity (Wildman–Crippen MR) is 137 cm³/mol. The van der Waals surface area contributed by atoms with E-state index in [1.54, 1.807) is 42.3 Å². The van der Waals surface area contributed by atoms with Crippen molar-refractivity contribution >= 4 is 22.7 Å². The van der Waals surface area contributed by atoms with Crippen molar-refractivity contribution in [1.82, 2.24) is 9.80 Å². The fraction of sp³-hybridized carbons (Fsp3) is 0.357.